The van der Waals surface area contributed by atoms with E-state index in [2.05, 4.69) is 37.4 Å². The monoisotopic (exact) mass is 290 g/mol. The molecule has 0 amide bonds. The molecule has 1 aromatic rings. The van der Waals surface area contributed by atoms with Crippen molar-refractivity contribution in [1.29, 1.82) is 0 Å². The molecular formula is C15H26N6. The van der Waals surface area contributed by atoms with Gasteiger partial charge in [0.25, 0.3) is 0 Å². The molecule has 2 heterocycles. The molecule has 1 atom stereocenters. The van der Waals surface area contributed by atoms with Crippen molar-refractivity contribution in [2.24, 2.45) is 11.8 Å². The Kier molecular flexibility index (Phi) is 4.41. The molecule has 21 heavy (non-hydrogen) atoms. The van der Waals surface area contributed by atoms with Crippen LogP contribution in [0.4, 0.5) is 17.8 Å². The van der Waals surface area contributed by atoms with Crippen LogP contribution in [0.15, 0.2) is 0 Å². The van der Waals surface area contributed by atoms with E-state index in [4.69, 9.17) is 0 Å². The minimum atomic E-state index is 0.646. The summed E-state index contributed by atoms with van der Waals surface area (Å²) in [5.74, 6) is 3.73. The van der Waals surface area contributed by atoms with Crippen LogP contribution in [0.25, 0.3) is 0 Å². The predicted molar refractivity (Wildman–Crippen MR) is 85.8 cm³/mol. The smallest absolute Gasteiger partial charge is 0.231 e. The van der Waals surface area contributed by atoms with E-state index in [0.717, 1.165) is 31.5 Å². The number of rotatable bonds is 6. The van der Waals surface area contributed by atoms with Crippen molar-refractivity contribution >= 4 is 17.8 Å². The molecule has 1 aliphatic heterocycles. The molecule has 1 saturated heterocycles. The Labute approximate surface area is 126 Å². The quantitative estimate of drug-likeness (QED) is 0.838. The topological polar surface area (TPSA) is 66.0 Å². The summed E-state index contributed by atoms with van der Waals surface area (Å²) in [7, 11) is 1.85. The first-order valence-electron chi connectivity index (χ1n) is 8.19. The van der Waals surface area contributed by atoms with E-state index in [9.17, 15) is 0 Å². The lowest BCUT2D eigenvalue weighted by Crippen LogP contribution is -2.31. The van der Waals surface area contributed by atoms with Gasteiger partial charge >= 0.3 is 0 Å². The van der Waals surface area contributed by atoms with Crippen LogP contribution < -0.4 is 15.5 Å². The summed E-state index contributed by atoms with van der Waals surface area (Å²) in [6.45, 7) is 5.34. The molecule has 1 aromatic heterocycles. The van der Waals surface area contributed by atoms with Crippen LogP contribution in [0.1, 0.15) is 39.0 Å². The Balaban J connectivity index is 1.69. The third-order valence-corrected chi connectivity index (χ3v) is 4.50. The Morgan fingerprint density at radius 2 is 1.81 bits per heavy atom. The number of anilines is 3. The van der Waals surface area contributed by atoms with E-state index in [0.29, 0.717) is 17.8 Å². The van der Waals surface area contributed by atoms with E-state index in [1.54, 1.807) is 0 Å². The molecular weight excluding hydrogens is 264 g/mol. The Hall–Kier alpha value is -1.59. The Morgan fingerprint density at radius 3 is 2.48 bits per heavy atom. The van der Waals surface area contributed by atoms with Gasteiger partial charge in [-0.3, -0.25) is 0 Å². The summed E-state index contributed by atoms with van der Waals surface area (Å²) in [6, 6.07) is 0. The molecule has 1 aliphatic carbocycles. The number of hydrogen-bond acceptors (Lipinski definition) is 6. The molecule has 1 saturated carbocycles. The van der Waals surface area contributed by atoms with E-state index in [1.807, 2.05) is 7.05 Å². The number of nitrogens with one attached hydrogen (secondary N) is 2. The van der Waals surface area contributed by atoms with Crippen molar-refractivity contribution in [1.82, 2.24) is 15.0 Å². The lowest BCUT2D eigenvalue weighted by molar-refractivity contribution is 0.534. The first kappa shape index (κ1) is 14.4. The molecule has 2 aliphatic rings. The number of nitrogens with zero attached hydrogens (tertiary/aromatic N) is 4. The highest BCUT2D eigenvalue weighted by Crippen LogP contribution is 2.36. The van der Waals surface area contributed by atoms with Gasteiger partial charge in [-0.15, -0.1) is 0 Å². The zero-order valence-electron chi connectivity index (χ0n) is 13.1. The molecule has 6 nitrogen and oxygen atoms in total. The molecule has 0 aromatic carbocycles. The molecule has 0 radical (unpaired) electrons. The van der Waals surface area contributed by atoms with Crippen molar-refractivity contribution < 1.29 is 0 Å². The summed E-state index contributed by atoms with van der Waals surface area (Å²) in [5.41, 5.74) is 0. The van der Waals surface area contributed by atoms with Gasteiger partial charge in [-0.1, -0.05) is 6.92 Å². The lowest BCUT2D eigenvalue weighted by Gasteiger charge is -2.27. The van der Waals surface area contributed by atoms with Gasteiger partial charge in [0, 0.05) is 26.7 Å². The molecule has 0 bridgehead atoms. The Morgan fingerprint density at radius 1 is 1.10 bits per heavy atom. The highest BCUT2D eigenvalue weighted by atomic mass is 15.3. The summed E-state index contributed by atoms with van der Waals surface area (Å²) in [4.78, 5) is 15.8. The molecule has 2 fully saturated rings. The van der Waals surface area contributed by atoms with Crippen molar-refractivity contribution in [2.45, 2.75) is 39.0 Å². The van der Waals surface area contributed by atoms with Gasteiger partial charge < -0.3 is 15.5 Å². The molecule has 116 valence electrons. The third kappa shape index (κ3) is 3.74. The van der Waals surface area contributed by atoms with Crippen molar-refractivity contribution in [2.75, 3.05) is 42.2 Å². The van der Waals surface area contributed by atoms with E-state index in [1.165, 1.54) is 32.1 Å². The van der Waals surface area contributed by atoms with Crippen molar-refractivity contribution in [3.8, 4) is 0 Å². The zero-order valence-corrected chi connectivity index (χ0v) is 13.1. The van der Waals surface area contributed by atoms with E-state index >= 15 is 0 Å². The molecule has 2 N–H and O–H groups in total. The normalized spacial score (nSPS) is 20.2. The van der Waals surface area contributed by atoms with Gasteiger partial charge in [-0.05, 0) is 43.9 Å². The third-order valence-electron chi connectivity index (χ3n) is 4.50. The molecule has 3 rings (SSSR count). The second kappa shape index (κ2) is 6.45. The van der Waals surface area contributed by atoms with Crippen molar-refractivity contribution in [3.63, 3.8) is 0 Å². The van der Waals surface area contributed by atoms with Crippen molar-refractivity contribution in [3.05, 3.63) is 0 Å². The maximum atomic E-state index is 4.61. The first-order chi connectivity index (χ1) is 10.3. The van der Waals surface area contributed by atoms with Crippen LogP contribution in [-0.2, 0) is 0 Å². The van der Waals surface area contributed by atoms with Crippen LogP contribution in [0, 0.1) is 11.8 Å². The van der Waals surface area contributed by atoms with Crippen LogP contribution in [0.3, 0.4) is 0 Å². The fraction of sp³-hybridized carbons (Fsp3) is 0.800. The number of aromatic nitrogens is 3. The fourth-order valence-corrected chi connectivity index (χ4v) is 2.88. The standard InChI is InChI=1S/C15H26N6/c1-11(12-6-7-12)10-17-14-18-13(16-2)19-15(20-14)21-8-4-3-5-9-21/h11-12H,3-10H2,1-2H3,(H2,16,17,18,19,20). The fourth-order valence-electron chi connectivity index (χ4n) is 2.88. The van der Waals surface area contributed by atoms with E-state index < -0.39 is 0 Å². The second-order valence-corrected chi connectivity index (χ2v) is 6.28. The Bertz CT molecular complexity index is 467. The predicted octanol–water partition coefficient (Wildman–Crippen LogP) is 2.36. The summed E-state index contributed by atoms with van der Waals surface area (Å²) < 4.78 is 0. The van der Waals surface area contributed by atoms with Gasteiger partial charge in [-0.2, -0.15) is 15.0 Å². The SMILES string of the molecule is CNc1nc(NCC(C)C2CC2)nc(N2CCCCC2)n1. The van der Waals surface area contributed by atoms with E-state index in [-0.39, 0.29) is 0 Å². The highest BCUT2D eigenvalue weighted by Gasteiger charge is 2.27. The van der Waals surface area contributed by atoms with Gasteiger partial charge in [0.2, 0.25) is 17.8 Å². The van der Waals surface area contributed by atoms with Crippen LogP contribution in [0.2, 0.25) is 0 Å². The number of hydrogen-bond donors (Lipinski definition) is 2. The summed E-state index contributed by atoms with van der Waals surface area (Å²) >= 11 is 0. The van der Waals surface area contributed by atoms with Crippen LogP contribution in [0.5, 0.6) is 0 Å². The average Bonchev–Trinajstić information content (AvgIpc) is 3.38. The first-order valence-corrected chi connectivity index (χ1v) is 8.19. The average molecular weight is 290 g/mol. The van der Waals surface area contributed by atoms with Gasteiger partial charge in [0.05, 0.1) is 0 Å². The highest BCUT2D eigenvalue weighted by molar-refractivity contribution is 5.43. The lowest BCUT2D eigenvalue weighted by atomic mass is 10.1. The molecule has 1 unspecified atom stereocenters. The summed E-state index contributed by atoms with van der Waals surface area (Å²) in [6.07, 6.45) is 6.51. The van der Waals surface area contributed by atoms with Gasteiger partial charge in [0.15, 0.2) is 0 Å². The zero-order chi connectivity index (χ0) is 14.7. The largest absolute Gasteiger partial charge is 0.357 e. The van der Waals surface area contributed by atoms with Gasteiger partial charge in [-0.25, -0.2) is 0 Å². The van der Waals surface area contributed by atoms with Crippen LogP contribution >= 0.6 is 0 Å². The summed E-state index contributed by atoms with van der Waals surface area (Å²) in [5, 5.41) is 6.43. The second-order valence-electron chi connectivity index (χ2n) is 6.28. The minimum Gasteiger partial charge on any atom is -0.357 e. The van der Waals surface area contributed by atoms with Crippen LogP contribution in [-0.4, -0.2) is 41.6 Å². The molecule has 0 spiro atoms. The van der Waals surface area contributed by atoms with Gasteiger partial charge in [0.1, 0.15) is 0 Å². The number of piperidine rings is 1. The maximum Gasteiger partial charge on any atom is 0.231 e. The maximum absolute atomic E-state index is 4.61. The molecule has 6 heteroatoms. The minimum absolute atomic E-state index is 0.646.